The van der Waals surface area contributed by atoms with Crippen LogP contribution in [0.3, 0.4) is 0 Å². The van der Waals surface area contributed by atoms with Crippen LogP contribution in [0.25, 0.3) is 0 Å². The molecule has 2 aromatic rings. The number of carbonyl (C=O) groups is 2. The van der Waals surface area contributed by atoms with Crippen molar-refractivity contribution >= 4 is 52.2 Å². The number of rotatable bonds is 7. The second-order valence-electron chi connectivity index (χ2n) is 4.77. The molecule has 0 atom stereocenters. The SMILES string of the molecule is O=C(CCCNC(=O)c1ccccc1Cl)N/N=C/c1ccc(I)o1. The highest BCUT2D eigenvalue weighted by atomic mass is 127. The van der Waals surface area contributed by atoms with Crippen LogP contribution in [-0.2, 0) is 4.79 Å². The molecule has 1 heterocycles. The predicted octanol–water partition coefficient (Wildman–Crippen LogP) is 3.20. The Bertz CT molecular complexity index is 746. The van der Waals surface area contributed by atoms with Gasteiger partial charge in [-0.25, -0.2) is 5.43 Å². The number of amides is 2. The van der Waals surface area contributed by atoms with Crippen molar-refractivity contribution in [2.45, 2.75) is 12.8 Å². The number of halogens is 2. The molecule has 0 radical (unpaired) electrons. The van der Waals surface area contributed by atoms with Crippen LogP contribution in [-0.4, -0.2) is 24.6 Å². The van der Waals surface area contributed by atoms with E-state index in [1.54, 1.807) is 36.4 Å². The van der Waals surface area contributed by atoms with E-state index in [0.717, 1.165) is 3.77 Å². The van der Waals surface area contributed by atoms with Crippen molar-refractivity contribution in [1.82, 2.24) is 10.7 Å². The molecule has 1 aromatic heterocycles. The van der Waals surface area contributed by atoms with Crippen LogP contribution in [0, 0.1) is 3.77 Å². The van der Waals surface area contributed by atoms with Gasteiger partial charge in [0, 0.05) is 13.0 Å². The fraction of sp³-hybridized carbons (Fsp3) is 0.188. The second-order valence-corrected chi connectivity index (χ2v) is 6.24. The Morgan fingerprint density at radius 1 is 1.25 bits per heavy atom. The van der Waals surface area contributed by atoms with E-state index in [1.807, 2.05) is 22.6 Å². The van der Waals surface area contributed by atoms with E-state index in [-0.39, 0.29) is 18.2 Å². The van der Waals surface area contributed by atoms with Crippen LogP contribution >= 0.6 is 34.2 Å². The van der Waals surface area contributed by atoms with Gasteiger partial charge in [-0.1, -0.05) is 23.7 Å². The molecular formula is C16H15ClIN3O3. The number of hydrogen-bond acceptors (Lipinski definition) is 4. The van der Waals surface area contributed by atoms with E-state index in [1.165, 1.54) is 6.21 Å². The van der Waals surface area contributed by atoms with E-state index >= 15 is 0 Å². The summed E-state index contributed by atoms with van der Waals surface area (Å²) in [6.07, 6.45) is 2.17. The molecule has 0 aliphatic rings. The van der Waals surface area contributed by atoms with E-state index < -0.39 is 0 Å². The highest BCUT2D eigenvalue weighted by molar-refractivity contribution is 14.1. The van der Waals surface area contributed by atoms with Crippen molar-refractivity contribution in [2.24, 2.45) is 5.10 Å². The largest absolute Gasteiger partial charge is 0.449 e. The highest BCUT2D eigenvalue weighted by Crippen LogP contribution is 2.14. The Labute approximate surface area is 157 Å². The Balaban J connectivity index is 1.65. The maximum atomic E-state index is 11.9. The van der Waals surface area contributed by atoms with Gasteiger partial charge in [-0.2, -0.15) is 5.10 Å². The Morgan fingerprint density at radius 3 is 2.75 bits per heavy atom. The molecule has 0 bridgehead atoms. The molecule has 0 saturated carbocycles. The lowest BCUT2D eigenvalue weighted by Crippen LogP contribution is -2.26. The van der Waals surface area contributed by atoms with Gasteiger partial charge in [-0.05, 0) is 53.3 Å². The summed E-state index contributed by atoms with van der Waals surface area (Å²) in [5, 5.41) is 6.92. The van der Waals surface area contributed by atoms with Gasteiger partial charge in [0.15, 0.2) is 3.77 Å². The summed E-state index contributed by atoms with van der Waals surface area (Å²) < 4.78 is 6.01. The van der Waals surface area contributed by atoms with Gasteiger partial charge in [-0.3, -0.25) is 9.59 Å². The highest BCUT2D eigenvalue weighted by Gasteiger charge is 2.08. The summed E-state index contributed by atoms with van der Waals surface area (Å²) in [6, 6.07) is 10.4. The summed E-state index contributed by atoms with van der Waals surface area (Å²) in [6.45, 7) is 0.373. The number of furan rings is 1. The normalized spacial score (nSPS) is 10.8. The quantitative estimate of drug-likeness (QED) is 0.289. The van der Waals surface area contributed by atoms with Gasteiger partial charge >= 0.3 is 0 Å². The summed E-state index contributed by atoms with van der Waals surface area (Å²) >= 11 is 7.98. The van der Waals surface area contributed by atoms with Gasteiger partial charge in [0.05, 0.1) is 16.8 Å². The molecule has 0 saturated heterocycles. The molecule has 126 valence electrons. The average Bonchev–Trinajstić information content (AvgIpc) is 2.97. The number of nitrogens with zero attached hydrogens (tertiary/aromatic N) is 1. The Hall–Kier alpha value is -1.87. The third kappa shape index (κ3) is 5.97. The van der Waals surface area contributed by atoms with Crippen molar-refractivity contribution in [3.63, 3.8) is 0 Å². The lowest BCUT2D eigenvalue weighted by Gasteiger charge is -2.06. The minimum Gasteiger partial charge on any atom is -0.449 e. The second kappa shape index (κ2) is 9.43. The molecule has 0 aliphatic carbocycles. The van der Waals surface area contributed by atoms with Crippen LogP contribution in [0.15, 0.2) is 45.9 Å². The third-order valence-electron chi connectivity index (χ3n) is 2.96. The lowest BCUT2D eigenvalue weighted by molar-refractivity contribution is -0.121. The zero-order chi connectivity index (χ0) is 17.4. The van der Waals surface area contributed by atoms with E-state index in [4.69, 9.17) is 16.0 Å². The van der Waals surface area contributed by atoms with Gasteiger partial charge in [-0.15, -0.1) is 0 Å². The first kappa shape index (κ1) is 18.5. The Kier molecular flexibility index (Phi) is 7.26. The summed E-state index contributed by atoms with van der Waals surface area (Å²) in [5.41, 5.74) is 2.82. The molecule has 6 nitrogen and oxygen atoms in total. The fourth-order valence-electron chi connectivity index (χ4n) is 1.81. The molecule has 1 aromatic carbocycles. The number of hydrogen-bond donors (Lipinski definition) is 2. The average molecular weight is 460 g/mol. The number of hydrazone groups is 1. The van der Waals surface area contributed by atoms with Crippen LogP contribution in [0.2, 0.25) is 5.02 Å². The summed E-state index contributed by atoms with van der Waals surface area (Å²) in [7, 11) is 0. The number of carbonyl (C=O) groups excluding carboxylic acids is 2. The topological polar surface area (TPSA) is 83.7 Å². The van der Waals surface area contributed by atoms with Gasteiger partial charge < -0.3 is 9.73 Å². The van der Waals surface area contributed by atoms with Crippen LogP contribution in [0.1, 0.15) is 29.0 Å². The fourth-order valence-corrected chi connectivity index (χ4v) is 2.47. The molecule has 8 heteroatoms. The lowest BCUT2D eigenvalue weighted by atomic mass is 10.2. The van der Waals surface area contributed by atoms with E-state index in [0.29, 0.717) is 29.3 Å². The molecule has 2 N–H and O–H groups in total. The monoisotopic (exact) mass is 459 g/mol. The molecule has 0 aliphatic heterocycles. The van der Waals surface area contributed by atoms with Crippen molar-refractivity contribution in [1.29, 1.82) is 0 Å². The van der Waals surface area contributed by atoms with Gasteiger partial charge in [0.2, 0.25) is 5.91 Å². The van der Waals surface area contributed by atoms with Crippen LogP contribution in [0.5, 0.6) is 0 Å². The van der Waals surface area contributed by atoms with Crippen molar-refractivity contribution in [3.8, 4) is 0 Å². The minimum absolute atomic E-state index is 0.237. The van der Waals surface area contributed by atoms with Crippen LogP contribution in [0.4, 0.5) is 0 Å². The summed E-state index contributed by atoms with van der Waals surface area (Å²) in [5.74, 6) is 0.0673. The van der Waals surface area contributed by atoms with Crippen LogP contribution < -0.4 is 10.7 Å². The molecule has 0 unspecified atom stereocenters. The molecule has 0 fully saturated rings. The number of benzene rings is 1. The van der Waals surface area contributed by atoms with E-state index in [9.17, 15) is 9.59 Å². The molecule has 24 heavy (non-hydrogen) atoms. The molecule has 0 spiro atoms. The molecule has 2 amide bonds. The summed E-state index contributed by atoms with van der Waals surface area (Å²) in [4.78, 5) is 23.5. The third-order valence-corrected chi connectivity index (χ3v) is 3.87. The zero-order valence-corrected chi connectivity index (χ0v) is 15.5. The van der Waals surface area contributed by atoms with E-state index in [2.05, 4.69) is 15.8 Å². The Morgan fingerprint density at radius 2 is 2.04 bits per heavy atom. The van der Waals surface area contributed by atoms with Crippen molar-refractivity contribution in [3.05, 3.63) is 56.5 Å². The number of nitrogens with one attached hydrogen (secondary N) is 2. The molecular weight excluding hydrogens is 445 g/mol. The standard InChI is InChI=1S/C16H15ClIN3O3/c17-13-5-2-1-4-12(13)16(23)19-9-3-6-15(22)21-20-10-11-7-8-14(18)24-11/h1-2,4-5,7-8,10H,3,6,9H2,(H,19,23)(H,21,22)/b20-10+. The van der Waals surface area contributed by atoms with Crippen molar-refractivity contribution in [2.75, 3.05) is 6.54 Å². The smallest absolute Gasteiger partial charge is 0.252 e. The van der Waals surface area contributed by atoms with Gasteiger partial charge in [0.25, 0.3) is 5.91 Å². The maximum absolute atomic E-state index is 11.9. The van der Waals surface area contributed by atoms with Crippen molar-refractivity contribution < 1.29 is 14.0 Å². The van der Waals surface area contributed by atoms with Gasteiger partial charge in [0.1, 0.15) is 5.76 Å². The first-order valence-corrected chi connectivity index (χ1v) is 8.62. The molecule has 2 rings (SSSR count). The maximum Gasteiger partial charge on any atom is 0.252 e. The minimum atomic E-state index is -0.258. The zero-order valence-electron chi connectivity index (χ0n) is 12.6. The first-order chi connectivity index (χ1) is 11.6. The predicted molar refractivity (Wildman–Crippen MR) is 100 cm³/mol. The first-order valence-electron chi connectivity index (χ1n) is 7.16.